The molecule has 1 N–H and O–H groups in total. The maximum absolute atomic E-state index is 12.9. The standard InChI is InChI=1S/C23H27N3O/c1-3-26(4-2)17-16-21(18-10-6-5-7-11-18)25-23(27)22-15-14-19-12-8-9-13-20(19)24-22/h5-15,21H,3-4,16-17H2,1-2H3,(H,25,27). The summed E-state index contributed by atoms with van der Waals surface area (Å²) in [5.74, 6) is -0.130. The second-order valence-electron chi connectivity index (χ2n) is 6.64. The average Bonchev–Trinajstić information content (AvgIpc) is 2.73. The van der Waals surface area contributed by atoms with Crippen molar-refractivity contribution >= 4 is 16.8 Å². The number of carbonyl (C=O) groups is 1. The van der Waals surface area contributed by atoms with Crippen LogP contribution in [0.5, 0.6) is 0 Å². The van der Waals surface area contributed by atoms with Crippen molar-refractivity contribution in [3.8, 4) is 0 Å². The van der Waals surface area contributed by atoms with Crippen molar-refractivity contribution in [2.24, 2.45) is 0 Å². The molecule has 27 heavy (non-hydrogen) atoms. The summed E-state index contributed by atoms with van der Waals surface area (Å²) in [5.41, 5.74) is 2.42. The molecule has 0 fully saturated rings. The van der Waals surface area contributed by atoms with Crippen LogP contribution in [-0.4, -0.2) is 35.4 Å². The van der Waals surface area contributed by atoms with Crippen molar-refractivity contribution in [3.63, 3.8) is 0 Å². The van der Waals surface area contributed by atoms with Gasteiger partial charge in [0.25, 0.3) is 5.91 Å². The van der Waals surface area contributed by atoms with Crippen LogP contribution < -0.4 is 5.32 Å². The number of benzene rings is 2. The van der Waals surface area contributed by atoms with Gasteiger partial charge < -0.3 is 10.2 Å². The summed E-state index contributed by atoms with van der Waals surface area (Å²) in [7, 11) is 0. The van der Waals surface area contributed by atoms with Crippen LogP contribution in [0.3, 0.4) is 0 Å². The summed E-state index contributed by atoms with van der Waals surface area (Å²) in [5, 5.41) is 4.23. The third-order valence-electron chi connectivity index (χ3n) is 4.97. The van der Waals surface area contributed by atoms with E-state index in [-0.39, 0.29) is 11.9 Å². The van der Waals surface area contributed by atoms with E-state index in [9.17, 15) is 4.79 Å². The molecule has 0 radical (unpaired) electrons. The van der Waals surface area contributed by atoms with Gasteiger partial charge in [0.15, 0.2) is 0 Å². The molecule has 1 aromatic heterocycles. The fourth-order valence-corrected chi connectivity index (χ4v) is 3.28. The summed E-state index contributed by atoms with van der Waals surface area (Å²) in [4.78, 5) is 19.8. The van der Waals surface area contributed by atoms with Gasteiger partial charge in [-0.15, -0.1) is 0 Å². The van der Waals surface area contributed by atoms with Gasteiger partial charge in [-0.3, -0.25) is 4.79 Å². The van der Waals surface area contributed by atoms with Crippen molar-refractivity contribution in [2.45, 2.75) is 26.3 Å². The Morgan fingerprint density at radius 1 is 0.963 bits per heavy atom. The lowest BCUT2D eigenvalue weighted by molar-refractivity contribution is 0.0927. The van der Waals surface area contributed by atoms with E-state index in [2.05, 4.69) is 41.2 Å². The van der Waals surface area contributed by atoms with Crippen LogP contribution in [-0.2, 0) is 0 Å². The Morgan fingerprint density at radius 2 is 1.67 bits per heavy atom. The van der Waals surface area contributed by atoms with E-state index in [1.165, 1.54) is 0 Å². The summed E-state index contributed by atoms with van der Waals surface area (Å²) in [6.45, 7) is 7.30. The Hall–Kier alpha value is -2.72. The van der Waals surface area contributed by atoms with Gasteiger partial charge in [0.05, 0.1) is 11.6 Å². The zero-order valence-electron chi connectivity index (χ0n) is 16.1. The number of rotatable bonds is 8. The minimum atomic E-state index is -0.130. The number of pyridine rings is 1. The van der Waals surface area contributed by atoms with Crippen molar-refractivity contribution in [1.29, 1.82) is 0 Å². The van der Waals surface area contributed by atoms with Gasteiger partial charge in [-0.2, -0.15) is 0 Å². The number of nitrogens with zero attached hydrogens (tertiary/aromatic N) is 2. The summed E-state index contributed by atoms with van der Waals surface area (Å²) in [6, 6.07) is 21.7. The molecule has 4 nitrogen and oxygen atoms in total. The van der Waals surface area contributed by atoms with Crippen LogP contribution in [0, 0.1) is 0 Å². The number of nitrogens with one attached hydrogen (secondary N) is 1. The lowest BCUT2D eigenvalue weighted by Gasteiger charge is -2.24. The highest BCUT2D eigenvalue weighted by Gasteiger charge is 2.17. The van der Waals surface area contributed by atoms with E-state index in [1.54, 1.807) is 6.07 Å². The van der Waals surface area contributed by atoms with Crippen LogP contribution >= 0.6 is 0 Å². The predicted octanol–water partition coefficient (Wildman–Crippen LogP) is 4.44. The fraction of sp³-hybridized carbons (Fsp3) is 0.304. The van der Waals surface area contributed by atoms with E-state index in [4.69, 9.17) is 0 Å². The molecule has 0 aliphatic heterocycles. The van der Waals surface area contributed by atoms with Crippen LogP contribution in [0.1, 0.15) is 42.4 Å². The average molecular weight is 361 g/mol. The lowest BCUT2D eigenvalue weighted by atomic mass is 10.0. The molecule has 0 aliphatic rings. The molecule has 4 heteroatoms. The number of hydrogen-bond acceptors (Lipinski definition) is 3. The molecule has 3 aromatic rings. The molecule has 0 spiro atoms. The van der Waals surface area contributed by atoms with Crippen LogP contribution in [0.4, 0.5) is 0 Å². The number of fused-ring (bicyclic) bond motifs is 1. The molecular formula is C23H27N3O. The monoisotopic (exact) mass is 361 g/mol. The normalized spacial score (nSPS) is 12.3. The predicted molar refractivity (Wildman–Crippen MR) is 111 cm³/mol. The zero-order valence-corrected chi connectivity index (χ0v) is 16.1. The molecule has 0 aliphatic carbocycles. The fourth-order valence-electron chi connectivity index (χ4n) is 3.28. The van der Waals surface area contributed by atoms with Gasteiger partial charge >= 0.3 is 0 Å². The maximum atomic E-state index is 12.9. The molecule has 1 atom stereocenters. The topological polar surface area (TPSA) is 45.2 Å². The largest absolute Gasteiger partial charge is 0.344 e. The van der Waals surface area contributed by atoms with Crippen molar-refractivity contribution in [2.75, 3.05) is 19.6 Å². The highest BCUT2D eigenvalue weighted by molar-refractivity contribution is 5.95. The van der Waals surface area contributed by atoms with Crippen molar-refractivity contribution in [3.05, 3.63) is 78.0 Å². The summed E-state index contributed by atoms with van der Waals surface area (Å²) >= 11 is 0. The Bertz CT molecular complexity index is 875. The zero-order chi connectivity index (χ0) is 19.1. The minimum absolute atomic E-state index is 0.0347. The SMILES string of the molecule is CCN(CC)CCC(NC(=O)c1ccc2ccccc2n1)c1ccccc1. The second-order valence-corrected chi connectivity index (χ2v) is 6.64. The van der Waals surface area contributed by atoms with Gasteiger partial charge in [-0.25, -0.2) is 4.98 Å². The highest BCUT2D eigenvalue weighted by Crippen LogP contribution is 2.19. The first-order valence-corrected chi connectivity index (χ1v) is 9.65. The van der Waals surface area contributed by atoms with Gasteiger partial charge in [0, 0.05) is 11.9 Å². The summed E-state index contributed by atoms with van der Waals surface area (Å²) in [6.07, 6.45) is 0.866. The van der Waals surface area contributed by atoms with Gasteiger partial charge in [-0.05, 0) is 37.2 Å². The molecule has 1 amide bonds. The number of amides is 1. The van der Waals surface area contributed by atoms with E-state index in [1.807, 2.05) is 48.5 Å². The van der Waals surface area contributed by atoms with Gasteiger partial charge in [0.2, 0.25) is 0 Å². The first kappa shape index (κ1) is 19.1. The third-order valence-corrected chi connectivity index (χ3v) is 4.97. The Morgan fingerprint density at radius 3 is 2.41 bits per heavy atom. The number of para-hydroxylation sites is 1. The van der Waals surface area contributed by atoms with E-state index >= 15 is 0 Å². The van der Waals surface area contributed by atoms with Crippen LogP contribution in [0.2, 0.25) is 0 Å². The van der Waals surface area contributed by atoms with Gasteiger partial charge in [-0.1, -0.05) is 68.4 Å². The molecule has 3 rings (SSSR count). The van der Waals surface area contributed by atoms with Crippen molar-refractivity contribution < 1.29 is 4.79 Å². The first-order chi connectivity index (χ1) is 13.2. The van der Waals surface area contributed by atoms with Crippen molar-refractivity contribution in [1.82, 2.24) is 15.2 Å². The molecule has 0 saturated carbocycles. The molecular weight excluding hydrogens is 334 g/mol. The molecule has 140 valence electrons. The highest BCUT2D eigenvalue weighted by atomic mass is 16.1. The Labute approximate surface area is 161 Å². The second kappa shape index (κ2) is 9.28. The number of carbonyl (C=O) groups excluding carboxylic acids is 1. The summed E-state index contributed by atoms with van der Waals surface area (Å²) < 4.78 is 0. The molecule has 1 unspecified atom stereocenters. The smallest absolute Gasteiger partial charge is 0.270 e. The number of hydrogen-bond donors (Lipinski definition) is 1. The Kier molecular flexibility index (Phi) is 6.55. The Balaban J connectivity index is 1.78. The molecule has 1 heterocycles. The third kappa shape index (κ3) is 4.92. The first-order valence-electron chi connectivity index (χ1n) is 9.65. The van der Waals surface area contributed by atoms with Crippen LogP contribution in [0.15, 0.2) is 66.7 Å². The molecule has 2 aromatic carbocycles. The maximum Gasteiger partial charge on any atom is 0.270 e. The number of aromatic nitrogens is 1. The van der Waals surface area contributed by atoms with E-state index < -0.39 is 0 Å². The molecule has 0 bridgehead atoms. The lowest BCUT2D eigenvalue weighted by Crippen LogP contribution is -2.33. The minimum Gasteiger partial charge on any atom is -0.344 e. The van der Waals surface area contributed by atoms with Gasteiger partial charge in [0.1, 0.15) is 5.69 Å². The van der Waals surface area contributed by atoms with E-state index in [0.717, 1.165) is 42.5 Å². The molecule has 0 saturated heterocycles. The van der Waals surface area contributed by atoms with Crippen LogP contribution in [0.25, 0.3) is 10.9 Å². The quantitative estimate of drug-likeness (QED) is 0.645. The van der Waals surface area contributed by atoms with E-state index in [0.29, 0.717) is 5.69 Å².